The normalized spacial score (nSPS) is 11.9. The van der Waals surface area contributed by atoms with Gasteiger partial charge in [0.05, 0.1) is 29.1 Å². The van der Waals surface area contributed by atoms with E-state index in [1.54, 1.807) is 31.4 Å². The first-order valence-electron chi connectivity index (χ1n) is 10.6. The van der Waals surface area contributed by atoms with Gasteiger partial charge in [0.2, 0.25) is 5.91 Å². The highest BCUT2D eigenvalue weighted by molar-refractivity contribution is 7.99. The average molecular weight is 497 g/mol. The molecule has 1 atom stereocenters. The molecule has 2 aromatic heterocycles. The predicted molar refractivity (Wildman–Crippen MR) is 134 cm³/mol. The maximum atomic E-state index is 12.6. The van der Waals surface area contributed by atoms with Gasteiger partial charge in [0.25, 0.3) is 5.91 Å². The minimum Gasteiger partial charge on any atom is -0.497 e. The third-order valence-electron chi connectivity index (χ3n) is 5.02. The summed E-state index contributed by atoms with van der Waals surface area (Å²) in [5.74, 6) is 1.09. The number of para-hydroxylation sites is 1. The van der Waals surface area contributed by atoms with Crippen LogP contribution in [0.4, 0.5) is 5.13 Å². The van der Waals surface area contributed by atoms with Crippen LogP contribution < -0.4 is 15.4 Å². The predicted octanol–water partition coefficient (Wildman–Crippen LogP) is 4.14. The summed E-state index contributed by atoms with van der Waals surface area (Å²) in [7, 11) is 1.58. The molecular formula is C23H24N6O3S2. The first-order chi connectivity index (χ1) is 16.5. The number of carbonyl (C=O) groups excluding carboxylic acids is 2. The zero-order valence-corrected chi connectivity index (χ0v) is 20.6. The summed E-state index contributed by atoms with van der Waals surface area (Å²) >= 11 is 2.73. The van der Waals surface area contributed by atoms with E-state index in [-0.39, 0.29) is 23.6 Å². The summed E-state index contributed by atoms with van der Waals surface area (Å²) in [6.07, 6.45) is 0. The van der Waals surface area contributed by atoms with E-state index >= 15 is 0 Å². The minimum atomic E-state index is -0.368. The number of carbonyl (C=O) groups is 2. The number of nitrogens with one attached hydrogen (secondary N) is 2. The van der Waals surface area contributed by atoms with Crippen LogP contribution in [0, 0.1) is 0 Å². The highest BCUT2D eigenvalue weighted by atomic mass is 32.2. The molecule has 0 aliphatic carbocycles. The van der Waals surface area contributed by atoms with E-state index in [0.29, 0.717) is 34.0 Å². The molecule has 4 aromatic rings. The van der Waals surface area contributed by atoms with Gasteiger partial charge in [-0.1, -0.05) is 35.2 Å². The Morgan fingerprint density at radius 3 is 2.62 bits per heavy atom. The van der Waals surface area contributed by atoms with Gasteiger partial charge < -0.3 is 19.9 Å². The maximum Gasteiger partial charge on any atom is 0.251 e. The number of benzene rings is 2. The molecule has 0 bridgehead atoms. The Balaban J connectivity index is 1.37. The van der Waals surface area contributed by atoms with E-state index in [9.17, 15) is 9.59 Å². The Hall–Kier alpha value is -3.44. The molecule has 0 saturated carbocycles. The average Bonchev–Trinajstić information content (AvgIpc) is 3.45. The Morgan fingerprint density at radius 2 is 1.91 bits per heavy atom. The van der Waals surface area contributed by atoms with Crippen molar-refractivity contribution in [3.8, 4) is 5.75 Å². The van der Waals surface area contributed by atoms with Crippen LogP contribution in [0.3, 0.4) is 0 Å². The fraction of sp³-hybridized carbons (Fsp3) is 0.261. The second kappa shape index (κ2) is 10.7. The van der Waals surface area contributed by atoms with Gasteiger partial charge in [-0.15, -0.1) is 10.2 Å². The van der Waals surface area contributed by atoms with Gasteiger partial charge in [0, 0.05) is 12.1 Å². The summed E-state index contributed by atoms with van der Waals surface area (Å²) in [6, 6.07) is 14.3. The number of nitrogens with zero attached hydrogens (tertiary/aromatic N) is 4. The van der Waals surface area contributed by atoms with Crippen molar-refractivity contribution in [2.45, 2.75) is 31.6 Å². The van der Waals surface area contributed by atoms with Crippen LogP contribution in [0.1, 0.15) is 36.1 Å². The van der Waals surface area contributed by atoms with Gasteiger partial charge >= 0.3 is 0 Å². The number of thioether (sulfide) groups is 1. The first kappa shape index (κ1) is 23.7. The zero-order chi connectivity index (χ0) is 24.1. The number of hydrogen-bond donors (Lipinski definition) is 2. The number of fused-ring (bicyclic) bond motifs is 1. The highest BCUT2D eigenvalue weighted by Crippen LogP contribution is 2.26. The van der Waals surface area contributed by atoms with Crippen molar-refractivity contribution in [2.75, 3.05) is 18.2 Å². The highest BCUT2D eigenvalue weighted by Gasteiger charge is 2.20. The molecule has 2 N–H and O–H groups in total. The number of methoxy groups -OCH3 is 1. The van der Waals surface area contributed by atoms with Crippen molar-refractivity contribution in [2.24, 2.45) is 0 Å². The maximum absolute atomic E-state index is 12.6. The first-order valence-corrected chi connectivity index (χ1v) is 12.4. The summed E-state index contributed by atoms with van der Waals surface area (Å²) in [5, 5.41) is 15.5. The largest absolute Gasteiger partial charge is 0.497 e. The Kier molecular flexibility index (Phi) is 7.43. The molecule has 0 saturated heterocycles. The van der Waals surface area contributed by atoms with Crippen molar-refractivity contribution >= 4 is 50.3 Å². The van der Waals surface area contributed by atoms with E-state index in [2.05, 4.69) is 25.8 Å². The van der Waals surface area contributed by atoms with Crippen LogP contribution in [0.25, 0.3) is 10.2 Å². The van der Waals surface area contributed by atoms with Gasteiger partial charge in [-0.05, 0) is 50.2 Å². The van der Waals surface area contributed by atoms with E-state index in [1.807, 2.05) is 42.7 Å². The fourth-order valence-corrected chi connectivity index (χ4v) is 5.01. The molecule has 11 heteroatoms. The van der Waals surface area contributed by atoms with E-state index in [4.69, 9.17) is 4.74 Å². The molecule has 4 rings (SSSR count). The monoisotopic (exact) mass is 496 g/mol. The second-order valence-corrected chi connectivity index (χ2v) is 9.31. The third kappa shape index (κ3) is 5.37. The van der Waals surface area contributed by atoms with Crippen LogP contribution in [0.2, 0.25) is 0 Å². The second-order valence-electron chi connectivity index (χ2n) is 7.33. The number of hydrogen-bond acceptors (Lipinski definition) is 8. The van der Waals surface area contributed by atoms with Crippen LogP contribution in [-0.4, -0.2) is 44.4 Å². The van der Waals surface area contributed by atoms with Gasteiger partial charge in [0.15, 0.2) is 16.1 Å². The van der Waals surface area contributed by atoms with Crippen molar-refractivity contribution < 1.29 is 14.3 Å². The minimum absolute atomic E-state index is 0.167. The molecule has 34 heavy (non-hydrogen) atoms. The van der Waals surface area contributed by atoms with Gasteiger partial charge in [0.1, 0.15) is 5.75 Å². The molecule has 0 fully saturated rings. The number of thiazole rings is 1. The summed E-state index contributed by atoms with van der Waals surface area (Å²) in [5.41, 5.74) is 1.38. The Labute approximate surface area is 204 Å². The molecule has 0 aliphatic heterocycles. The van der Waals surface area contributed by atoms with Crippen LogP contribution in [0.15, 0.2) is 53.7 Å². The molecule has 0 aliphatic rings. The molecule has 2 heterocycles. The standard InChI is InChI=1S/C23H24N6O3S2/c1-4-29-20(14(2)24-21(31)15-9-11-16(32-3)12-10-15)27-28-23(29)33-13-19(30)26-22-25-17-7-5-6-8-18(17)34-22/h5-12,14H,4,13H2,1-3H3,(H,24,31)(H,25,26,30)/t14-/m0/s1. The summed E-state index contributed by atoms with van der Waals surface area (Å²) in [6.45, 7) is 4.43. The van der Waals surface area contributed by atoms with Crippen LogP contribution in [-0.2, 0) is 11.3 Å². The zero-order valence-electron chi connectivity index (χ0n) is 18.9. The number of amides is 2. The van der Waals surface area contributed by atoms with Gasteiger partial charge in [-0.3, -0.25) is 9.59 Å². The molecule has 0 radical (unpaired) electrons. The molecule has 0 spiro atoms. The lowest BCUT2D eigenvalue weighted by molar-refractivity contribution is -0.113. The third-order valence-corrected chi connectivity index (χ3v) is 6.94. The molecule has 0 unspecified atom stereocenters. The van der Waals surface area contributed by atoms with Crippen LogP contribution >= 0.6 is 23.1 Å². The van der Waals surface area contributed by atoms with Crippen molar-refractivity contribution in [1.29, 1.82) is 0 Å². The number of aromatic nitrogens is 4. The smallest absolute Gasteiger partial charge is 0.251 e. The molecule has 9 nitrogen and oxygen atoms in total. The molecule has 2 amide bonds. The van der Waals surface area contributed by atoms with Crippen molar-refractivity contribution in [3.63, 3.8) is 0 Å². The van der Waals surface area contributed by atoms with Gasteiger partial charge in [-0.2, -0.15) is 0 Å². The lowest BCUT2D eigenvalue weighted by Crippen LogP contribution is -2.28. The molecule has 2 aromatic carbocycles. The lowest BCUT2D eigenvalue weighted by atomic mass is 10.2. The van der Waals surface area contributed by atoms with E-state index in [0.717, 1.165) is 10.2 Å². The van der Waals surface area contributed by atoms with Crippen molar-refractivity contribution in [1.82, 2.24) is 25.1 Å². The number of anilines is 1. The number of ether oxygens (including phenoxy) is 1. The Bertz CT molecular complexity index is 1270. The SMILES string of the molecule is CCn1c(SCC(=O)Nc2nc3ccccc3s2)nnc1[C@H](C)NC(=O)c1ccc(OC)cc1. The van der Waals surface area contributed by atoms with Gasteiger partial charge in [-0.25, -0.2) is 4.98 Å². The molecular weight excluding hydrogens is 472 g/mol. The lowest BCUT2D eigenvalue weighted by Gasteiger charge is -2.15. The fourth-order valence-electron chi connectivity index (χ4n) is 3.32. The quantitative estimate of drug-likeness (QED) is 0.335. The summed E-state index contributed by atoms with van der Waals surface area (Å²) < 4.78 is 8.05. The molecule has 176 valence electrons. The Morgan fingerprint density at radius 1 is 1.15 bits per heavy atom. The number of rotatable bonds is 9. The van der Waals surface area contributed by atoms with Crippen LogP contribution in [0.5, 0.6) is 5.75 Å². The van der Waals surface area contributed by atoms with E-state index in [1.165, 1.54) is 23.1 Å². The van der Waals surface area contributed by atoms with E-state index < -0.39 is 0 Å². The topological polar surface area (TPSA) is 111 Å². The van der Waals surface area contributed by atoms with Crippen molar-refractivity contribution in [3.05, 3.63) is 59.9 Å². The summed E-state index contributed by atoms with van der Waals surface area (Å²) in [4.78, 5) is 29.5.